The zero-order chi connectivity index (χ0) is 23.7. The van der Waals surface area contributed by atoms with E-state index in [1.807, 2.05) is 35.8 Å². The predicted molar refractivity (Wildman–Crippen MR) is 136 cm³/mol. The lowest BCUT2D eigenvalue weighted by Gasteiger charge is -2.33. The van der Waals surface area contributed by atoms with Crippen LogP contribution in [0.3, 0.4) is 0 Å². The first kappa shape index (κ1) is 22.1. The Morgan fingerprint density at radius 3 is 2.74 bits per heavy atom. The molecule has 1 amide bonds. The van der Waals surface area contributed by atoms with Crippen molar-refractivity contribution in [3.63, 3.8) is 0 Å². The first-order valence-corrected chi connectivity index (χ1v) is 12.0. The Morgan fingerprint density at radius 1 is 1.12 bits per heavy atom. The van der Waals surface area contributed by atoms with Crippen LogP contribution in [0.2, 0.25) is 0 Å². The molecule has 1 aliphatic heterocycles. The number of nitrogens with one attached hydrogen (secondary N) is 1. The number of carbonyl (C=O) groups excluding carboxylic acids is 1. The molecule has 4 aromatic rings. The lowest BCUT2D eigenvalue weighted by atomic mass is 9.96. The second-order valence-electron chi connectivity index (χ2n) is 9.35. The van der Waals surface area contributed by atoms with Crippen molar-refractivity contribution in [3.05, 3.63) is 83.7 Å². The van der Waals surface area contributed by atoms with E-state index in [0.717, 1.165) is 47.5 Å². The molecule has 174 valence electrons. The highest BCUT2D eigenvalue weighted by molar-refractivity contribution is 5.81. The van der Waals surface area contributed by atoms with Gasteiger partial charge in [0, 0.05) is 31.0 Å². The molecule has 0 aliphatic carbocycles. The van der Waals surface area contributed by atoms with E-state index in [-0.39, 0.29) is 17.9 Å². The third-order valence-corrected chi connectivity index (χ3v) is 6.78. The maximum absolute atomic E-state index is 13.1. The number of aromatic nitrogens is 3. The molecular formula is C28H31N5O. The quantitative estimate of drug-likeness (QED) is 0.456. The second kappa shape index (κ2) is 9.29. The summed E-state index contributed by atoms with van der Waals surface area (Å²) < 4.78 is 1.90. The summed E-state index contributed by atoms with van der Waals surface area (Å²) in [6.07, 6.45) is 5.53. The molecule has 0 spiro atoms. The molecule has 1 N–H and O–H groups in total. The monoisotopic (exact) mass is 453 g/mol. The number of rotatable bonds is 5. The van der Waals surface area contributed by atoms with E-state index in [9.17, 15) is 4.79 Å². The molecule has 5 rings (SSSR count). The summed E-state index contributed by atoms with van der Waals surface area (Å²) in [7, 11) is 0. The molecule has 1 fully saturated rings. The molecule has 0 bridgehead atoms. The Balaban J connectivity index is 1.37. The lowest BCUT2D eigenvalue weighted by Crippen LogP contribution is -2.44. The van der Waals surface area contributed by atoms with Crippen molar-refractivity contribution in [2.45, 2.75) is 39.7 Å². The molecule has 1 saturated heterocycles. The number of hydrogen-bond acceptors (Lipinski definition) is 4. The van der Waals surface area contributed by atoms with Gasteiger partial charge in [-0.3, -0.25) is 4.79 Å². The van der Waals surface area contributed by atoms with E-state index >= 15 is 0 Å². The maximum atomic E-state index is 13.1. The Hall–Kier alpha value is -3.67. The minimum Gasteiger partial charge on any atom is -0.354 e. The van der Waals surface area contributed by atoms with E-state index in [0.29, 0.717) is 6.54 Å². The number of anilines is 1. The number of benzene rings is 2. The average molecular weight is 454 g/mol. The molecule has 2 aromatic heterocycles. The fraction of sp³-hybridized carbons (Fsp3) is 0.321. The average Bonchev–Trinajstić information content (AvgIpc) is 3.28. The largest absolute Gasteiger partial charge is 0.354 e. The number of nitrogens with zero attached hydrogens (tertiary/aromatic N) is 4. The van der Waals surface area contributed by atoms with Crippen LogP contribution in [0.4, 0.5) is 5.82 Å². The number of fused-ring (bicyclic) bond motifs is 1. The SMILES string of the molecule is Cc1ccc(-c2cc3c(N4CCC[C@@H](C(=O)N[C@H](C)c5ccccc5)C4)nccn3n2)c(C)c1. The molecule has 0 radical (unpaired) electrons. The molecule has 6 nitrogen and oxygen atoms in total. The van der Waals surface area contributed by atoms with Gasteiger partial charge in [0.1, 0.15) is 5.52 Å². The van der Waals surface area contributed by atoms with Gasteiger partial charge >= 0.3 is 0 Å². The van der Waals surface area contributed by atoms with E-state index < -0.39 is 0 Å². The van der Waals surface area contributed by atoms with Gasteiger partial charge in [-0.2, -0.15) is 5.10 Å². The van der Waals surface area contributed by atoms with E-state index in [4.69, 9.17) is 10.1 Å². The van der Waals surface area contributed by atoms with Crippen molar-refractivity contribution in [2.75, 3.05) is 18.0 Å². The molecular weight excluding hydrogens is 422 g/mol. The third kappa shape index (κ3) is 4.40. The molecule has 34 heavy (non-hydrogen) atoms. The summed E-state index contributed by atoms with van der Waals surface area (Å²) in [5.41, 5.74) is 6.61. The fourth-order valence-corrected chi connectivity index (χ4v) is 4.92. The van der Waals surface area contributed by atoms with E-state index in [2.05, 4.69) is 60.5 Å². The summed E-state index contributed by atoms with van der Waals surface area (Å²) in [4.78, 5) is 20.1. The first-order valence-electron chi connectivity index (χ1n) is 12.0. The number of amides is 1. The van der Waals surface area contributed by atoms with Crippen LogP contribution in [0.15, 0.2) is 67.0 Å². The maximum Gasteiger partial charge on any atom is 0.225 e. The highest BCUT2D eigenvalue weighted by atomic mass is 16.2. The van der Waals surface area contributed by atoms with Gasteiger partial charge in [-0.15, -0.1) is 0 Å². The normalized spacial score (nSPS) is 17.0. The van der Waals surface area contributed by atoms with Gasteiger partial charge in [0.25, 0.3) is 0 Å². The second-order valence-corrected chi connectivity index (χ2v) is 9.35. The Kier molecular flexibility index (Phi) is 6.05. The van der Waals surface area contributed by atoms with Gasteiger partial charge in [0.05, 0.1) is 17.7 Å². The third-order valence-electron chi connectivity index (χ3n) is 6.78. The van der Waals surface area contributed by atoms with Crippen LogP contribution in [0.1, 0.15) is 42.5 Å². The zero-order valence-corrected chi connectivity index (χ0v) is 20.0. The van der Waals surface area contributed by atoms with Gasteiger partial charge in [-0.1, -0.05) is 54.1 Å². The molecule has 6 heteroatoms. The van der Waals surface area contributed by atoms with Crippen molar-refractivity contribution in [3.8, 4) is 11.3 Å². The minimum atomic E-state index is -0.0660. The minimum absolute atomic E-state index is 0.0132. The van der Waals surface area contributed by atoms with Crippen LogP contribution in [0.25, 0.3) is 16.8 Å². The van der Waals surface area contributed by atoms with Crippen molar-refractivity contribution in [1.82, 2.24) is 19.9 Å². The number of aryl methyl sites for hydroxylation is 2. The van der Waals surface area contributed by atoms with Gasteiger partial charge < -0.3 is 10.2 Å². The number of hydrogen-bond donors (Lipinski definition) is 1. The van der Waals surface area contributed by atoms with Gasteiger partial charge in [-0.05, 0) is 50.8 Å². The Bertz CT molecular complexity index is 1310. The highest BCUT2D eigenvalue weighted by Gasteiger charge is 2.28. The zero-order valence-electron chi connectivity index (χ0n) is 20.0. The molecule has 0 unspecified atom stereocenters. The van der Waals surface area contributed by atoms with Gasteiger partial charge in [0.15, 0.2) is 5.82 Å². The van der Waals surface area contributed by atoms with Gasteiger partial charge in [-0.25, -0.2) is 9.50 Å². The lowest BCUT2D eigenvalue weighted by molar-refractivity contribution is -0.125. The van der Waals surface area contributed by atoms with Crippen LogP contribution in [0, 0.1) is 19.8 Å². The topological polar surface area (TPSA) is 62.5 Å². The van der Waals surface area contributed by atoms with Crippen LogP contribution >= 0.6 is 0 Å². The van der Waals surface area contributed by atoms with Crippen molar-refractivity contribution >= 4 is 17.2 Å². The molecule has 1 aliphatic rings. The van der Waals surface area contributed by atoms with Crippen LogP contribution in [0.5, 0.6) is 0 Å². The van der Waals surface area contributed by atoms with E-state index in [1.165, 1.54) is 11.1 Å². The molecule has 0 saturated carbocycles. The van der Waals surface area contributed by atoms with Crippen molar-refractivity contribution in [1.29, 1.82) is 0 Å². The van der Waals surface area contributed by atoms with Crippen LogP contribution in [-0.2, 0) is 4.79 Å². The van der Waals surface area contributed by atoms with Crippen LogP contribution < -0.4 is 10.2 Å². The van der Waals surface area contributed by atoms with Crippen LogP contribution in [-0.4, -0.2) is 33.6 Å². The smallest absolute Gasteiger partial charge is 0.225 e. The predicted octanol–water partition coefficient (Wildman–Crippen LogP) is 5.11. The molecule has 3 heterocycles. The Morgan fingerprint density at radius 2 is 1.94 bits per heavy atom. The van der Waals surface area contributed by atoms with Gasteiger partial charge in [0.2, 0.25) is 5.91 Å². The van der Waals surface area contributed by atoms with Crippen molar-refractivity contribution in [2.24, 2.45) is 5.92 Å². The summed E-state index contributed by atoms with van der Waals surface area (Å²) in [6.45, 7) is 7.80. The summed E-state index contributed by atoms with van der Waals surface area (Å²) in [6, 6.07) is 18.6. The van der Waals surface area contributed by atoms with E-state index in [1.54, 1.807) is 6.20 Å². The first-order chi connectivity index (χ1) is 16.5. The number of carbonyl (C=O) groups is 1. The standard InChI is InChI=1S/C28H31N5O/c1-19-11-12-24(20(2)16-19)25-17-26-27(29-13-15-33(26)31-25)32-14-7-10-23(18-32)28(34)30-21(3)22-8-5-4-6-9-22/h4-6,8-9,11-13,15-17,21,23H,7,10,14,18H2,1-3H3,(H,30,34)/t21-,23-/m1/s1. The highest BCUT2D eigenvalue weighted by Crippen LogP contribution is 2.30. The summed E-state index contributed by atoms with van der Waals surface area (Å²) >= 11 is 0. The molecule has 2 aromatic carbocycles. The summed E-state index contributed by atoms with van der Waals surface area (Å²) in [5.74, 6) is 0.931. The molecule has 2 atom stereocenters. The number of piperidine rings is 1. The van der Waals surface area contributed by atoms with Crippen molar-refractivity contribution < 1.29 is 4.79 Å². The summed E-state index contributed by atoms with van der Waals surface area (Å²) in [5, 5.41) is 8.03. The fourth-order valence-electron chi connectivity index (χ4n) is 4.92. The Labute approximate surface area is 200 Å².